The Morgan fingerprint density at radius 2 is 2.00 bits per heavy atom. The number of hydrogen-bond donors (Lipinski definition) is 0. The van der Waals surface area contributed by atoms with E-state index in [0.29, 0.717) is 5.02 Å². The van der Waals surface area contributed by atoms with Crippen molar-refractivity contribution >= 4 is 11.6 Å². The van der Waals surface area contributed by atoms with Crippen LogP contribution in [-0.4, -0.2) is 12.3 Å². The first-order chi connectivity index (χ1) is 8.15. The van der Waals surface area contributed by atoms with Gasteiger partial charge in [0.15, 0.2) is 0 Å². The van der Waals surface area contributed by atoms with Gasteiger partial charge in [0.1, 0.15) is 11.9 Å². The molecule has 1 unspecified atom stereocenters. The van der Waals surface area contributed by atoms with Gasteiger partial charge >= 0.3 is 0 Å². The number of nitrogens with zero attached hydrogens (tertiary/aromatic N) is 1. The number of ether oxygens (including phenoxy) is 1. The molecule has 0 aliphatic rings. The van der Waals surface area contributed by atoms with Gasteiger partial charge in [-0.2, -0.15) is 0 Å². The smallest absolute Gasteiger partial charge is 0.140 e. The van der Waals surface area contributed by atoms with E-state index in [1.165, 1.54) is 0 Å². The summed E-state index contributed by atoms with van der Waals surface area (Å²) >= 11 is 6.19. The molecule has 1 atom stereocenters. The van der Waals surface area contributed by atoms with Crippen LogP contribution >= 0.6 is 11.6 Å². The van der Waals surface area contributed by atoms with Crippen molar-refractivity contribution in [3.8, 4) is 0 Å². The normalized spacial score (nSPS) is 12.7. The van der Waals surface area contributed by atoms with Gasteiger partial charge < -0.3 is 9.26 Å². The van der Waals surface area contributed by atoms with Crippen LogP contribution < -0.4 is 0 Å². The summed E-state index contributed by atoms with van der Waals surface area (Å²) in [5, 5.41) is 4.62. The van der Waals surface area contributed by atoms with E-state index in [1.54, 1.807) is 7.11 Å². The molecule has 1 aromatic carbocycles. The van der Waals surface area contributed by atoms with Crippen LogP contribution in [0.5, 0.6) is 0 Å². The molecule has 0 saturated carbocycles. The zero-order valence-electron chi connectivity index (χ0n) is 10.0. The second-order valence-electron chi connectivity index (χ2n) is 3.88. The summed E-state index contributed by atoms with van der Waals surface area (Å²) < 4.78 is 10.7. The fourth-order valence-electron chi connectivity index (χ4n) is 1.95. The van der Waals surface area contributed by atoms with Gasteiger partial charge in [0.25, 0.3) is 0 Å². The van der Waals surface area contributed by atoms with Crippen LogP contribution in [0.25, 0.3) is 0 Å². The number of halogens is 1. The maximum absolute atomic E-state index is 6.19. The molecule has 0 amide bonds. The Morgan fingerprint density at radius 3 is 2.53 bits per heavy atom. The molecule has 0 aliphatic heterocycles. The lowest BCUT2D eigenvalue weighted by molar-refractivity contribution is 0.134. The molecular weight excluding hydrogens is 238 g/mol. The lowest BCUT2D eigenvalue weighted by Crippen LogP contribution is -2.06. The van der Waals surface area contributed by atoms with Crippen LogP contribution in [0.15, 0.2) is 28.8 Å². The Labute approximate surface area is 105 Å². The van der Waals surface area contributed by atoms with Crippen molar-refractivity contribution in [1.29, 1.82) is 0 Å². The van der Waals surface area contributed by atoms with E-state index in [4.69, 9.17) is 20.9 Å². The van der Waals surface area contributed by atoms with Gasteiger partial charge in [-0.3, -0.25) is 0 Å². The standard InChI is InChI=1S/C13H14ClNO2/c1-8-12(9(2)17-15-8)13(16-3)10-6-4-5-7-11(10)14/h4-7,13H,1-3H3. The average molecular weight is 252 g/mol. The molecule has 1 aromatic heterocycles. The Bertz CT molecular complexity index is 502. The summed E-state index contributed by atoms with van der Waals surface area (Å²) in [5.74, 6) is 0.759. The predicted octanol–water partition coefficient (Wildman–Crippen LogP) is 3.68. The van der Waals surface area contributed by atoms with E-state index >= 15 is 0 Å². The lowest BCUT2D eigenvalue weighted by Gasteiger charge is -2.16. The van der Waals surface area contributed by atoms with Gasteiger partial charge in [0.05, 0.1) is 11.3 Å². The Hall–Kier alpha value is -1.32. The third kappa shape index (κ3) is 2.21. The van der Waals surface area contributed by atoms with E-state index in [-0.39, 0.29) is 6.10 Å². The highest BCUT2D eigenvalue weighted by atomic mass is 35.5. The first-order valence-electron chi connectivity index (χ1n) is 5.35. The van der Waals surface area contributed by atoms with Gasteiger partial charge in [0.2, 0.25) is 0 Å². The molecule has 17 heavy (non-hydrogen) atoms. The molecule has 2 aromatic rings. The fraction of sp³-hybridized carbons (Fsp3) is 0.308. The van der Waals surface area contributed by atoms with Gasteiger partial charge in [-0.15, -0.1) is 0 Å². The van der Waals surface area contributed by atoms with E-state index in [1.807, 2.05) is 38.1 Å². The van der Waals surface area contributed by atoms with Crippen molar-refractivity contribution in [3.05, 3.63) is 51.9 Å². The van der Waals surface area contributed by atoms with Gasteiger partial charge in [-0.1, -0.05) is 35.0 Å². The fourth-order valence-corrected chi connectivity index (χ4v) is 2.19. The molecule has 90 valence electrons. The summed E-state index contributed by atoms with van der Waals surface area (Å²) in [7, 11) is 1.65. The Kier molecular flexibility index (Phi) is 3.50. The third-order valence-corrected chi connectivity index (χ3v) is 3.12. The van der Waals surface area contributed by atoms with Gasteiger partial charge in [-0.25, -0.2) is 0 Å². The van der Waals surface area contributed by atoms with E-state index < -0.39 is 0 Å². The van der Waals surface area contributed by atoms with Gasteiger partial charge in [-0.05, 0) is 19.9 Å². The van der Waals surface area contributed by atoms with Crippen LogP contribution in [0, 0.1) is 13.8 Å². The molecule has 0 spiro atoms. The monoisotopic (exact) mass is 251 g/mol. The van der Waals surface area contributed by atoms with Crippen LogP contribution in [0.1, 0.15) is 28.7 Å². The van der Waals surface area contributed by atoms with E-state index in [0.717, 1.165) is 22.6 Å². The van der Waals surface area contributed by atoms with Crippen molar-refractivity contribution in [2.24, 2.45) is 0 Å². The highest BCUT2D eigenvalue weighted by molar-refractivity contribution is 6.31. The SMILES string of the molecule is COC(c1ccccc1Cl)c1c(C)noc1C. The Morgan fingerprint density at radius 1 is 1.29 bits per heavy atom. The molecule has 0 aliphatic carbocycles. The van der Waals surface area contributed by atoms with Crippen molar-refractivity contribution in [3.63, 3.8) is 0 Å². The second-order valence-corrected chi connectivity index (χ2v) is 4.28. The first kappa shape index (κ1) is 12.1. The zero-order chi connectivity index (χ0) is 12.4. The van der Waals surface area contributed by atoms with Crippen LogP contribution in [0.2, 0.25) is 5.02 Å². The number of aromatic nitrogens is 1. The van der Waals surface area contributed by atoms with E-state index in [9.17, 15) is 0 Å². The molecular formula is C13H14ClNO2. The molecule has 3 nitrogen and oxygen atoms in total. The van der Waals surface area contributed by atoms with Crippen molar-refractivity contribution in [2.75, 3.05) is 7.11 Å². The topological polar surface area (TPSA) is 35.3 Å². The number of hydrogen-bond acceptors (Lipinski definition) is 3. The number of aryl methyl sites for hydroxylation is 2. The Balaban J connectivity index is 2.52. The molecule has 4 heteroatoms. The van der Waals surface area contributed by atoms with Crippen molar-refractivity contribution in [2.45, 2.75) is 20.0 Å². The summed E-state index contributed by atoms with van der Waals surface area (Å²) in [5.41, 5.74) is 2.70. The van der Waals surface area contributed by atoms with Crippen LogP contribution in [-0.2, 0) is 4.74 Å². The van der Waals surface area contributed by atoms with E-state index in [2.05, 4.69) is 5.16 Å². The molecule has 0 fully saturated rings. The first-order valence-corrected chi connectivity index (χ1v) is 5.73. The van der Waals surface area contributed by atoms with Crippen molar-refractivity contribution < 1.29 is 9.26 Å². The lowest BCUT2D eigenvalue weighted by atomic mass is 10.00. The highest BCUT2D eigenvalue weighted by Crippen LogP contribution is 2.33. The third-order valence-electron chi connectivity index (χ3n) is 2.77. The average Bonchev–Trinajstić information content (AvgIpc) is 2.64. The minimum atomic E-state index is -0.241. The minimum absolute atomic E-state index is 0.241. The molecule has 0 saturated heterocycles. The summed E-state index contributed by atoms with van der Waals surface area (Å²) in [4.78, 5) is 0. The predicted molar refractivity (Wildman–Crippen MR) is 66.3 cm³/mol. The number of methoxy groups -OCH3 is 1. The molecule has 0 bridgehead atoms. The van der Waals surface area contributed by atoms with Gasteiger partial charge in [0, 0.05) is 17.7 Å². The second kappa shape index (κ2) is 4.90. The molecule has 0 N–H and O–H groups in total. The number of rotatable bonds is 3. The highest BCUT2D eigenvalue weighted by Gasteiger charge is 2.23. The van der Waals surface area contributed by atoms with Crippen molar-refractivity contribution in [1.82, 2.24) is 5.16 Å². The minimum Gasteiger partial charge on any atom is -0.372 e. The molecule has 0 radical (unpaired) electrons. The molecule has 2 rings (SSSR count). The quantitative estimate of drug-likeness (QED) is 0.835. The van der Waals surface area contributed by atoms with Crippen LogP contribution in [0.3, 0.4) is 0 Å². The summed E-state index contributed by atoms with van der Waals surface area (Å²) in [6.07, 6.45) is -0.241. The summed E-state index contributed by atoms with van der Waals surface area (Å²) in [6.45, 7) is 3.77. The summed E-state index contributed by atoms with van der Waals surface area (Å²) in [6, 6.07) is 7.63. The zero-order valence-corrected chi connectivity index (χ0v) is 10.8. The van der Waals surface area contributed by atoms with Crippen LogP contribution in [0.4, 0.5) is 0 Å². The maximum Gasteiger partial charge on any atom is 0.140 e. The number of benzene rings is 1. The largest absolute Gasteiger partial charge is 0.372 e. The maximum atomic E-state index is 6.19. The molecule has 1 heterocycles.